The van der Waals surface area contributed by atoms with Crippen LogP contribution in [0, 0.1) is 5.41 Å². The van der Waals surface area contributed by atoms with Gasteiger partial charge >= 0.3 is 0 Å². The van der Waals surface area contributed by atoms with Gasteiger partial charge in [-0.1, -0.05) is 26.0 Å². The van der Waals surface area contributed by atoms with Gasteiger partial charge in [-0.25, -0.2) is 0 Å². The number of halogens is 1. The summed E-state index contributed by atoms with van der Waals surface area (Å²) in [5.74, 6) is 0.671. The van der Waals surface area contributed by atoms with Crippen LogP contribution in [0.5, 0.6) is 0 Å². The Morgan fingerprint density at radius 2 is 2.06 bits per heavy atom. The zero-order valence-corrected chi connectivity index (χ0v) is 22.3. The third-order valence-corrected chi connectivity index (χ3v) is 6.54. The van der Waals surface area contributed by atoms with Crippen molar-refractivity contribution < 1.29 is 9.53 Å². The zero-order chi connectivity index (χ0) is 23.0. The van der Waals surface area contributed by atoms with Crippen LogP contribution in [0.3, 0.4) is 0 Å². The van der Waals surface area contributed by atoms with Crippen molar-refractivity contribution in [2.75, 3.05) is 19.0 Å². The predicted molar refractivity (Wildman–Crippen MR) is 143 cm³/mol. The molecule has 0 saturated heterocycles. The first-order chi connectivity index (χ1) is 15.5. The van der Waals surface area contributed by atoms with Crippen LogP contribution in [0.15, 0.2) is 47.7 Å². The molecule has 0 spiro atoms. The lowest BCUT2D eigenvalue weighted by Crippen LogP contribution is -2.65. The van der Waals surface area contributed by atoms with Crippen molar-refractivity contribution in [3.05, 3.63) is 48.3 Å². The van der Waals surface area contributed by atoms with Crippen molar-refractivity contribution >= 4 is 41.5 Å². The van der Waals surface area contributed by atoms with Gasteiger partial charge < -0.3 is 20.7 Å². The monoisotopic (exact) mass is 568 g/mol. The van der Waals surface area contributed by atoms with Crippen LogP contribution in [0.2, 0.25) is 0 Å². The van der Waals surface area contributed by atoms with Gasteiger partial charge in [-0.05, 0) is 49.9 Å². The summed E-state index contributed by atoms with van der Waals surface area (Å²) >= 11 is 0. The van der Waals surface area contributed by atoms with Gasteiger partial charge in [0.1, 0.15) is 6.54 Å². The molecule has 1 heterocycles. The molecule has 1 aliphatic rings. The molecular formula is C24H37IN6O2. The van der Waals surface area contributed by atoms with Gasteiger partial charge in [0.2, 0.25) is 5.91 Å². The number of nitrogens with zero attached hydrogens (tertiary/aromatic N) is 3. The van der Waals surface area contributed by atoms with Gasteiger partial charge in [-0.15, -0.1) is 24.0 Å². The summed E-state index contributed by atoms with van der Waals surface area (Å²) in [6, 6.07) is 9.96. The number of benzene rings is 1. The number of carbonyl (C=O) groups is 1. The second-order valence-electron chi connectivity index (χ2n) is 8.19. The maximum atomic E-state index is 12.2. The van der Waals surface area contributed by atoms with E-state index in [0.717, 1.165) is 43.1 Å². The van der Waals surface area contributed by atoms with E-state index in [1.165, 1.54) is 0 Å². The molecule has 0 bridgehead atoms. The SMILES string of the molecule is CCOC1CC(NC(=NC)NCc2cccc(NC(=O)Cn3cccn3)c2)C1(CC)CC.I. The maximum absolute atomic E-state index is 12.2. The number of aromatic nitrogens is 2. The van der Waals surface area contributed by atoms with Crippen molar-refractivity contribution in [2.24, 2.45) is 10.4 Å². The van der Waals surface area contributed by atoms with E-state index in [0.29, 0.717) is 18.7 Å². The first-order valence-electron chi connectivity index (χ1n) is 11.5. The van der Waals surface area contributed by atoms with Crippen LogP contribution in [0.4, 0.5) is 5.69 Å². The van der Waals surface area contributed by atoms with E-state index < -0.39 is 0 Å². The Hall–Kier alpha value is -2.14. The highest BCUT2D eigenvalue weighted by atomic mass is 127. The van der Waals surface area contributed by atoms with E-state index in [4.69, 9.17) is 4.74 Å². The number of nitrogens with one attached hydrogen (secondary N) is 3. The minimum Gasteiger partial charge on any atom is -0.378 e. The molecule has 33 heavy (non-hydrogen) atoms. The van der Waals surface area contributed by atoms with E-state index in [9.17, 15) is 4.79 Å². The van der Waals surface area contributed by atoms with Gasteiger partial charge in [-0.3, -0.25) is 14.5 Å². The smallest absolute Gasteiger partial charge is 0.246 e. The Balaban J connectivity index is 0.00000385. The first-order valence-corrected chi connectivity index (χ1v) is 11.5. The van der Waals surface area contributed by atoms with E-state index in [1.54, 1.807) is 30.2 Å². The van der Waals surface area contributed by atoms with E-state index in [1.807, 2.05) is 24.3 Å². The quantitative estimate of drug-likeness (QED) is 0.231. The average Bonchev–Trinajstić information content (AvgIpc) is 3.29. The van der Waals surface area contributed by atoms with Gasteiger partial charge in [0, 0.05) is 49.7 Å². The summed E-state index contributed by atoms with van der Waals surface area (Å²) in [4.78, 5) is 16.6. The molecule has 1 saturated carbocycles. The van der Waals surface area contributed by atoms with Crippen LogP contribution in [0.1, 0.15) is 45.6 Å². The number of carbonyl (C=O) groups excluding carboxylic acids is 1. The number of anilines is 1. The summed E-state index contributed by atoms with van der Waals surface area (Å²) in [7, 11) is 1.79. The molecule has 0 aliphatic heterocycles. The highest BCUT2D eigenvalue weighted by Crippen LogP contribution is 2.48. The molecule has 3 N–H and O–H groups in total. The molecule has 2 unspecified atom stereocenters. The van der Waals surface area contributed by atoms with Crippen molar-refractivity contribution in [2.45, 2.75) is 65.3 Å². The molecular weight excluding hydrogens is 531 g/mol. The number of ether oxygens (including phenoxy) is 1. The molecule has 9 heteroatoms. The minimum absolute atomic E-state index is 0. The third-order valence-electron chi connectivity index (χ3n) is 6.54. The van der Waals surface area contributed by atoms with Crippen LogP contribution in [-0.4, -0.2) is 47.4 Å². The molecule has 1 amide bonds. The van der Waals surface area contributed by atoms with E-state index >= 15 is 0 Å². The molecule has 1 aliphatic carbocycles. The summed E-state index contributed by atoms with van der Waals surface area (Å²) in [5.41, 5.74) is 1.97. The molecule has 2 atom stereocenters. The predicted octanol–water partition coefficient (Wildman–Crippen LogP) is 3.79. The van der Waals surface area contributed by atoms with Crippen LogP contribution in [0.25, 0.3) is 0 Å². The highest BCUT2D eigenvalue weighted by Gasteiger charge is 2.53. The second kappa shape index (κ2) is 12.9. The molecule has 1 aromatic heterocycles. The normalized spacial score (nSPS) is 19.2. The summed E-state index contributed by atoms with van der Waals surface area (Å²) in [5, 5.41) is 14.0. The lowest BCUT2D eigenvalue weighted by molar-refractivity contribution is -0.133. The van der Waals surface area contributed by atoms with Crippen molar-refractivity contribution in [3.8, 4) is 0 Å². The minimum atomic E-state index is -0.111. The lowest BCUT2D eigenvalue weighted by atomic mass is 9.58. The van der Waals surface area contributed by atoms with E-state index in [-0.39, 0.29) is 41.8 Å². The van der Waals surface area contributed by atoms with Crippen LogP contribution in [-0.2, 0) is 22.6 Å². The van der Waals surface area contributed by atoms with Gasteiger partial charge in [-0.2, -0.15) is 5.10 Å². The average molecular weight is 569 g/mol. The lowest BCUT2D eigenvalue weighted by Gasteiger charge is -2.55. The number of hydrogen-bond acceptors (Lipinski definition) is 4. The zero-order valence-electron chi connectivity index (χ0n) is 20.0. The number of amides is 1. The van der Waals surface area contributed by atoms with Gasteiger partial charge in [0.05, 0.1) is 6.10 Å². The third kappa shape index (κ3) is 6.69. The molecule has 1 fully saturated rings. The van der Waals surface area contributed by atoms with Crippen molar-refractivity contribution in [1.82, 2.24) is 20.4 Å². The van der Waals surface area contributed by atoms with Crippen molar-refractivity contribution in [3.63, 3.8) is 0 Å². The van der Waals surface area contributed by atoms with Crippen LogP contribution < -0.4 is 16.0 Å². The Kier molecular flexibility index (Phi) is 10.6. The van der Waals surface area contributed by atoms with E-state index in [2.05, 4.69) is 46.8 Å². The van der Waals surface area contributed by atoms with Crippen LogP contribution >= 0.6 is 24.0 Å². The number of guanidine groups is 1. The standard InChI is InChI=1S/C24H36N6O2.HI/c1-5-24(6-2)20(15-21(24)32-7-3)29-23(25-4)26-16-18-10-8-11-19(14-18)28-22(31)17-30-13-9-12-27-30;/h8-14,20-21H,5-7,15-17H2,1-4H3,(H,28,31)(H2,25,26,29);1H. The summed E-state index contributed by atoms with van der Waals surface area (Å²) in [6.07, 6.45) is 6.87. The van der Waals surface area contributed by atoms with Gasteiger partial charge in [0.15, 0.2) is 5.96 Å². The fourth-order valence-corrected chi connectivity index (χ4v) is 4.63. The molecule has 2 aromatic rings. The first kappa shape index (κ1) is 27.1. The maximum Gasteiger partial charge on any atom is 0.246 e. The molecule has 3 rings (SSSR count). The Morgan fingerprint density at radius 3 is 2.70 bits per heavy atom. The van der Waals surface area contributed by atoms with Gasteiger partial charge in [0.25, 0.3) is 0 Å². The van der Waals surface area contributed by atoms with Crippen molar-refractivity contribution in [1.29, 1.82) is 0 Å². The number of aliphatic imine (C=N–C) groups is 1. The number of rotatable bonds is 10. The topological polar surface area (TPSA) is 92.6 Å². The Morgan fingerprint density at radius 1 is 1.27 bits per heavy atom. The molecule has 8 nitrogen and oxygen atoms in total. The number of hydrogen-bond donors (Lipinski definition) is 3. The fourth-order valence-electron chi connectivity index (χ4n) is 4.63. The Bertz CT molecular complexity index is 898. The molecule has 1 aromatic carbocycles. The summed E-state index contributed by atoms with van der Waals surface area (Å²) < 4.78 is 7.58. The molecule has 0 radical (unpaired) electrons. The summed E-state index contributed by atoms with van der Waals surface area (Å²) in [6.45, 7) is 8.09. The second-order valence-corrected chi connectivity index (χ2v) is 8.19. The largest absolute Gasteiger partial charge is 0.378 e. The Labute approximate surface area is 214 Å². The highest BCUT2D eigenvalue weighted by molar-refractivity contribution is 14.0. The molecule has 182 valence electrons. The fraction of sp³-hybridized carbons (Fsp3) is 0.542.